The van der Waals surface area contributed by atoms with Crippen molar-refractivity contribution in [1.29, 1.82) is 0 Å². The first-order valence-electron chi connectivity index (χ1n) is 14.0. The predicted octanol–water partition coefficient (Wildman–Crippen LogP) is 5.69. The lowest BCUT2D eigenvalue weighted by molar-refractivity contribution is -0.114. The van der Waals surface area contributed by atoms with E-state index < -0.39 is 0 Å². The number of hydrogen-bond donors (Lipinski definition) is 2. The Kier molecular flexibility index (Phi) is 9.14. The molecule has 2 heterocycles. The number of hydrogen-bond acceptors (Lipinski definition) is 8. The molecule has 0 aliphatic heterocycles. The number of anilines is 3. The third-order valence-electron chi connectivity index (χ3n) is 7.09. The lowest BCUT2D eigenvalue weighted by Crippen LogP contribution is -2.24. The summed E-state index contributed by atoms with van der Waals surface area (Å²) in [5.41, 5.74) is 3.96. The summed E-state index contributed by atoms with van der Waals surface area (Å²) in [7, 11) is 3.10. The van der Waals surface area contributed by atoms with E-state index >= 15 is 0 Å². The molecule has 3 aromatic carbocycles. The molecule has 2 aromatic heterocycles. The number of methoxy groups -OCH3 is 2. The fourth-order valence-corrected chi connectivity index (χ4v) is 4.78. The normalized spacial score (nSPS) is 10.6. The summed E-state index contributed by atoms with van der Waals surface area (Å²) in [6.45, 7) is 7.22. The number of ether oxygens (including phenoxy) is 2. The van der Waals surface area contributed by atoms with E-state index in [2.05, 4.69) is 28.8 Å². The van der Waals surface area contributed by atoms with Crippen LogP contribution in [0.4, 0.5) is 17.3 Å². The van der Waals surface area contributed by atoms with E-state index in [1.54, 1.807) is 61.4 Å². The highest BCUT2D eigenvalue weighted by atomic mass is 16.5. The number of aromatic nitrogens is 3. The molecule has 2 N–H and O–H groups in total. The van der Waals surface area contributed by atoms with Crippen molar-refractivity contribution in [3.63, 3.8) is 0 Å². The van der Waals surface area contributed by atoms with E-state index in [0.717, 1.165) is 11.1 Å². The number of benzene rings is 3. The van der Waals surface area contributed by atoms with Crippen molar-refractivity contribution in [2.45, 2.75) is 13.0 Å². The van der Waals surface area contributed by atoms with Crippen molar-refractivity contribution in [3.05, 3.63) is 126 Å². The summed E-state index contributed by atoms with van der Waals surface area (Å²) in [5.74, 6) is 0.897. The molecule has 0 fully saturated rings. The van der Waals surface area contributed by atoms with Gasteiger partial charge in [0, 0.05) is 41.0 Å². The first-order valence-corrected chi connectivity index (χ1v) is 14.0. The molecule has 5 aromatic rings. The highest BCUT2D eigenvalue weighted by Gasteiger charge is 2.17. The summed E-state index contributed by atoms with van der Waals surface area (Å²) in [6, 6.07) is 21.5. The minimum absolute atomic E-state index is 0.116. The third kappa shape index (κ3) is 6.97. The Morgan fingerprint density at radius 1 is 0.933 bits per heavy atom. The standard InChI is InChI=1S/C35H31N5O5/c1-5-27(41)15-23-9-7-8-10-31(23)38-35-36-20-25-18-30(24-16-28(44-3)19-29(17-24)45-4)34(43)40(33(25)39-35)21-22-11-13-26(14-12-22)37-32(42)6-2/h5-14,16-20H,1-2,15,21H2,3-4H3,(H,37,42)(H,36,38,39). The van der Waals surface area contributed by atoms with Crippen molar-refractivity contribution < 1.29 is 19.1 Å². The molecule has 0 radical (unpaired) electrons. The van der Waals surface area contributed by atoms with Crippen LogP contribution in [0.2, 0.25) is 0 Å². The van der Waals surface area contributed by atoms with Crippen molar-refractivity contribution >= 4 is 40.0 Å². The fraction of sp³-hybridized carbons (Fsp3) is 0.114. The maximum Gasteiger partial charge on any atom is 0.260 e. The van der Waals surface area contributed by atoms with E-state index in [1.807, 2.05) is 36.4 Å². The molecule has 0 saturated carbocycles. The molecule has 0 spiro atoms. The van der Waals surface area contributed by atoms with E-state index in [-0.39, 0.29) is 36.2 Å². The summed E-state index contributed by atoms with van der Waals surface area (Å²) >= 11 is 0. The minimum atomic E-state index is -0.321. The molecule has 0 unspecified atom stereocenters. The van der Waals surface area contributed by atoms with Gasteiger partial charge < -0.3 is 20.1 Å². The quantitative estimate of drug-likeness (QED) is 0.175. The minimum Gasteiger partial charge on any atom is -0.497 e. The number of nitrogens with zero attached hydrogens (tertiary/aromatic N) is 3. The molecule has 0 aliphatic rings. The number of amides is 1. The maximum atomic E-state index is 14.2. The molecule has 10 nitrogen and oxygen atoms in total. The number of allylic oxidation sites excluding steroid dienone is 1. The molecule has 10 heteroatoms. The van der Waals surface area contributed by atoms with Crippen molar-refractivity contribution in [2.75, 3.05) is 24.9 Å². The molecule has 0 bridgehead atoms. The SMILES string of the molecule is C=CC(=O)Cc1ccccc1Nc1ncc2cc(-c3cc(OC)cc(OC)c3)c(=O)n(Cc3ccc(NC(=O)C=C)cc3)c2n1. The molecular formula is C35H31N5O5. The highest BCUT2D eigenvalue weighted by Crippen LogP contribution is 2.30. The number of carbonyl (C=O) groups excluding carboxylic acids is 2. The Balaban J connectivity index is 1.62. The summed E-state index contributed by atoms with van der Waals surface area (Å²) in [4.78, 5) is 47.3. The van der Waals surface area contributed by atoms with Gasteiger partial charge in [0.1, 0.15) is 17.1 Å². The van der Waals surface area contributed by atoms with Crippen LogP contribution < -0.4 is 25.7 Å². The number of para-hydroxylation sites is 1. The first kappa shape index (κ1) is 30.4. The van der Waals surface area contributed by atoms with Gasteiger partial charge >= 0.3 is 0 Å². The third-order valence-corrected chi connectivity index (χ3v) is 7.09. The van der Waals surface area contributed by atoms with Gasteiger partial charge in [-0.3, -0.25) is 19.0 Å². The Labute approximate surface area is 259 Å². The van der Waals surface area contributed by atoms with E-state index in [9.17, 15) is 14.4 Å². The molecular weight excluding hydrogens is 570 g/mol. The average Bonchev–Trinajstić information content (AvgIpc) is 3.07. The number of ketones is 1. The summed E-state index contributed by atoms with van der Waals surface area (Å²) < 4.78 is 12.5. The number of rotatable bonds is 12. The van der Waals surface area contributed by atoms with Gasteiger partial charge in [-0.2, -0.15) is 4.98 Å². The molecule has 0 atom stereocenters. The maximum absolute atomic E-state index is 14.2. The van der Waals surface area contributed by atoms with E-state index in [0.29, 0.717) is 45.0 Å². The van der Waals surface area contributed by atoms with Gasteiger partial charge in [-0.25, -0.2) is 4.98 Å². The molecule has 0 aliphatic carbocycles. The lowest BCUT2D eigenvalue weighted by atomic mass is 10.0. The smallest absolute Gasteiger partial charge is 0.260 e. The van der Waals surface area contributed by atoms with Crippen LogP contribution in [-0.4, -0.2) is 40.4 Å². The van der Waals surface area contributed by atoms with Gasteiger partial charge in [-0.1, -0.05) is 43.5 Å². The first-order chi connectivity index (χ1) is 21.8. The lowest BCUT2D eigenvalue weighted by Gasteiger charge is -2.15. The number of carbonyl (C=O) groups is 2. The van der Waals surface area contributed by atoms with Crippen LogP contribution in [0, 0.1) is 0 Å². The van der Waals surface area contributed by atoms with Gasteiger partial charge in [-0.05, 0) is 65.2 Å². The van der Waals surface area contributed by atoms with Gasteiger partial charge in [0.2, 0.25) is 11.9 Å². The van der Waals surface area contributed by atoms with Crippen molar-refractivity contribution in [3.8, 4) is 22.6 Å². The second kappa shape index (κ2) is 13.5. The van der Waals surface area contributed by atoms with Crippen LogP contribution in [0.3, 0.4) is 0 Å². The molecule has 1 amide bonds. The second-order valence-corrected chi connectivity index (χ2v) is 10.0. The Morgan fingerprint density at radius 3 is 2.31 bits per heavy atom. The van der Waals surface area contributed by atoms with Crippen LogP contribution in [0.25, 0.3) is 22.2 Å². The molecule has 5 rings (SSSR count). The molecule has 226 valence electrons. The van der Waals surface area contributed by atoms with Crippen molar-refractivity contribution in [1.82, 2.24) is 14.5 Å². The molecule has 0 saturated heterocycles. The van der Waals surface area contributed by atoms with Crippen LogP contribution in [0.15, 0.2) is 109 Å². The zero-order valence-electron chi connectivity index (χ0n) is 24.9. The fourth-order valence-electron chi connectivity index (χ4n) is 4.78. The van der Waals surface area contributed by atoms with E-state index in [1.165, 1.54) is 12.2 Å². The predicted molar refractivity (Wildman–Crippen MR) is 175 cm³/mol. The second-order valence-electron chi connectivity index (χ2n) is 10.0. The number of fused-ring (bicyclic) bond motifs is 1. The molecule has 45 heavy (non-hydrogen) atoms. The van der Waals surface area contributed by atoms with Crippen molar-refractivity contribution in [2.24, 2.45) is 0 Å². The topological polar surface area (TPSA) is 124 Å². The Hall–Kier alpha value is -6.03. The van der Waals surface area contributed by atoms with Crippen LogP contribution in [-0.2, 0) is 22.6 Å². The number of pyridine rings is 1. The van der Waals surface area contributed by atoms with Crippen LogP contribution >= 0.6 is 0 Å². The Morgan fingerprint density at radius 2 is 1.64 bits per heavy atom. The monoisotopic (exact) mass is 601 g/mol. The zero-order valence-corrected chi connectivity index (χ0v) is 24.9. The van der Waals surface area contributed by atoms with Crippen LogP contribution in [0.5, 0.6) is 11.5 Å². The summed E-state index contributed by atoms with van der Waals surface area (Å²) in [6.07, 6.45) is 4.30. The highest BCUT2D eigenvalue weighted by molar-refractivity contribution is 5.98. The van der Waals surface area contributed by atoms with Crippen LogP contribution in [0.1, 0.15) is 11.1 Å². The Bertz CT molecular complexity index is 1960. The van der Waals surface area contributed by atoms with Gasteiger partial charge in [0.15, 0.2) is 5.78 Å². The zero-order chi connectivity index (χ0) is 31.9. The van der Waals surface area contributed by atoms with Gasteiger partial charge in [0.25, 0.3) is 5.56 Å². The van der Waals surface area contributed by atoms with Gasteiger partial charge in [-0.15, -0.1) is 0 Å². The number of nitrogens with one attached hydrogen (secondary N) is 2. The van der Waals surface area contributed by atoms with E-state index in [4.69, 9.17) is 14.5 Å². The van der Waals surface area contributed by atoms with Gasteiger partial charge in [0.05, 0.1) is 20.8 Å². The summed E-state index contributed by atoms with van der Waals surface area (Å²) in [5, 5.41) is 6.56. The largest absolute Gasteiger partial charge is 0.497 e. The average molecular weight is 602 g/mol.